The van der Waals surface area contributed by atoms with E-state index in [4.69, 9.17) is 9.15 Å². The minimum atomic E-state index is -0.588. The molecule has 1 N–H and O–H groups in total. The van der Waals surface area contributed by atoms with Crippen LogP contribution in [0.4, 0.5) is 0 Å². The van der Waals surface area contributed by atoms with Gasteiger partial charge in [0.15, 0.2) is 6.61 Å². The predicted octanol–water partition coefficient (Wildman–Crippen LogP) is 2.52. The topological polar surface area (TPSA) is 68.5 Å². The first-order valence-electron chi connectivity index (χ1n) is 6.34. The summed E-state index contributed by atoms with van der Waals surface area (Å²) in [7, 11) is 0. The number of amides is 1. The van der Waals surface area contributed by atoms with Crippen LogP contribution in [0.25, 0.3) is 6.08 Å². The molecular weight excluding hydrogens is 290 g/mol. The summed E-state index contributed by atoms with van der Waals surface area (Å²) < 4.78 is 10.1. The van der Waals surface area contributed by atoms with Crippen LogP contribution < -0.4 is 5.32 Å². The molecule has 2 rings (SSSR count). The van der Waals surface area contributed by atoms with Gasteiger partial charge < -0.3 is 14.5 Å². The SMILES string of the molecule is Cc1ccc(/C=C/C(=O)OCC(=O)NCc2cccs2)o1. The lowest BCUT2D eigenvalue weighted by Crippen LogP contribution is -2.27. The zero-order valence-corrected chi connectivity index (χ0v) is 12.3. The van der Waals surface area contributed by atoms with Crippen LogP contribution in [0.1, 0.15) is 16.4 Å². The second-order valence-electron chi connectivity index (χ2n) is 4.25. The summed E-state index contributed by atoms with van der Waals surface area (Å²) in [5, 5.41) is 4.60. The monoisotopic (exact) mass is 305 g/mol. The standard InChI is InChI=1S/C15H15NO4S/c1-11-4-5-12(20-11)6-7-15(18)19-10-14(17)16-9-13-3-2-8-21-13/h2-8H,9-10H2,1H3,(H,16,17)/b7-6+. The van der Waals surface area contributed by atoms with Crippen LogP contribution in [0.3, 0.4) is 0 Å². The molecule has 110 valence electrons. The maximum atomic E-state index is 11.5. The van der Waals surface area contributed by atoms with Gasteiger partial charge in [0.25, 0.3) is 5.91 Å². The largest absolute Gasteiger partial charge is 0.462 e. The summed E-state index contributed by atoms with van der Waals surface area (Å²) in [6.07, 6.45) is 2.73. The van der Waals surface area contributed by atoms with Crippen molar-refractivity contribution in [3.8, 4) is 0 Å². The third-order valence-corrected chi connectivity index (χ3v) is 3.41. The van der Waals surface area contributed by atoms with E-state index in [0.29, 0.717) is 12.3 Å². The second kappa shape index (κ2) is 7.44. The maximum Gasteiger partial charge on any atom is 0.331 e. The fraction of sp³-hybridized carbons (Fsp3) is 0.200. The van der Waals surface area contributed by atoms with Crippen LogP contribution in [-0.4, -0.2) is 18.5 Å². The van der Waals surface area contributed by atoms with E-state index >= 15 is 0 Å². The average Bonchev–Trinajstić information content (AvgIpc) is 3.12. The molecule has 21 heavy (non-hydrogen) atoms. The number of nitrogens with one attached hydrogen (secondary N) is 1. The molecule has 0 bridgehead atoms. The highest BCUT2D eigenvalue weighted by Crippen LogP contribution is 2.08. The number of rotatable bonds is 6. The highest BCUT2D eigenvalue weighted by atomic mass is 32.1. The Labute approximate surface area is 126 Å². The summed E-state index contributed by atoms with van der Waals surface area (Å²) in [6, 6.07) is 7.37. The molecule has 0 atom stereocenters. The number of aryl methyl sites for hydroxylation is 1. The third kappa shape index (κ3) is 5.27. The Hall–Kier alpha value is -2.34. The van der Waals surface area contributed by atoms with Crippen molar-refractivity contribution >= 4 is 29.3 Å². The molecule has 0 saturated heterocycles. The van der Waals surface area contributed by atoms with Crippen molar-refractivity contribution in [3.05, 3.63) is 52.1 Å². The molecule has 2 heterocycles. The number of furan rings is 1. The summed E-state index contributed by atoms with van der Waals surface area (Å²) in [4.78, 5) is 24.0. The molecule has 2 aromatic heterocycles. The van der Waals surface area contributed by atoms with Gasteiger partial charge in [-0.3, -0.25) is 4.79 Å². The molecule has 0 spiro atoms. The molecule has 0 radical (unpaired) electrons. The van der Waals surface area contributed by atoms with Crippen molar-refractivity contribution in [2.75, 3.05) is 6.61 Å². The van der Waals surface area contributed by atoms with E-state index in [2.05, 4.69) is 5.32 Å². The molecule has 0 aliphatic carbocycles. The van der Waals surface area contributed by atoms with E-state index in [0.717, 1.165) is 10.6 Å². The molecule has 5 nitrogen and oxygen atoms in total. The van der Waals surface area contributed by atoms with Gasteiger partial charge >= 0.3 is 5.97 Å². The van der Waals surface area contributed by atoms with Crippen LogP contribution in [-0.2, 0) is 20.9 Å². The van der Waals surface area contributed by atoms with Gasteiger partial charge in [-0.2, -0.15) is 0 Å². The lowest BCUT2D eigenvalue weighted by Gasteiger charge is -2.03. The lowest BCUT2D eigenvalue weighted by atomic mass is 10.4. The van der Waals surface area contributed by atoms with Crippen molar-refractivity contribution in [2.45, 2.75) is 13.5 Å². The Morgan fingerprint density at radius 2 is 2.24 bits per heavy atom. The van der Waals surface area contributed by atoms with E-state index in [1.54, 1.807) is 23.5 Å². The van der Waals surface area contributed by atoms with Gasteiger partial charge in [0.1, 0.15) is 11.5 Å². The minimum absolute atomic E-state index is 0.300. The first-order valence-corrected chi connectivity index (χ1v) is 7.22. The average molecular weight is 305 g/mol. The van der Waals surface area contributed by atoms with Gasteiger partial charge in [0.05, 0.1) is 6.54 Å². The number of carbonyl (C=O) groups excluding carboxylic acids is 2. The van der Waals surface area contributed by atoms with E-state index in [1.165, 1.54) is 12.2 Å². The normalized spacial score (nSPS) is 10.7. The number of ether oxygens (including phenoxy) is 1. The molecule has 0 saturated carbocycles. The van der Waals surface area contributed by atoms with Crippen LogP contribution in [0.2, 0.25) is 0 Å². The zero-order valence-electron chi connectivity index (χ0n) is 11.5. The molecule has 2 aromatic rings. The molecule has 0 aromatic carbocycles. The first-order chi connectivity index (χ1) is 10.1. The van der Waals surface area contributed by atoms with Crippen LogP contribution in [0.15, 0.2) is 40.1 Å². The summed E-state index contributed by atoms with van der Waals surface area (Å²) in [5.74, 6) is 0.400. The van der Waals surface area contributed by atoms with E-state index in [1.807, 2.05) is 24.4 Å². The molecule has 0 unspecified atom stereocenters. The molecule has 1 amide bonds. The Kier molecular flexibility index (Phi) is 5.34. The van der Waals surface area contributed by atoms with Gasteiger partial charge in [0.2, 0.25) is 0 Å². The van der Waals surface area contributed by atoms with E-state index < -0.39 is 5.97 Å². The van der Waals surface area contributed by atoms with Gasteiger partial charge in [0, 0.05) is 11.0 Å². The molecule has 0 aliphatic rings. The number of hydrogen-bond donors (Lipinski definition) is 1. The Morgan fingerprint density at radius 3 is 2.90 bits per heavy atom. The minimum Gasteiger partial charge on any atom is -0.462 e. The van der Waals surface area contributed by atoms with Gasteiger partial charge in [-0.25, -0.2) is 4.79 Å². The number of thiophene rings is 1. The number of hydrogen-bond acceptors (Lipinski definition) is 5. The fourth-order valence-electron chi connectivity index (χ4n) is 1.53. The van der Waals surface area contributed by atoms with Crippen LogP contribution >= 0.6 is 11.3 Å². The second-order valence-corrected chi connectivity index (χ2v) is 5.28. The van der Waals surface area contributed by atoms with Gasteiger partial charge in [-0.05, 0) is 36.6 Å². The number of esters is 1. The van der Waals surface area contributed by atoms with Crippen molar-refractivity contribution in [1.82, 2.24) is 5.32 Å². The van der Waals surface area contributed by atoms with Gasteiger partial charge in [-0.1, -0.05) is 6.07 Å². The van der Waals surface area contributed by atoms with Crippen LogP contribution in [0.5, 0.6) is 0 Å². The first kappa shape index (κ1) is 15.1. The molecule has 0 aliphatic heterocycles. The summed E-state index contributed by atoms with van der Waals surface area (Å²) >= 11 is 1.55. The Bertz CT molecular complexity index is 628. The lowest BCUT2D eigenvalue weighted by molar-refractivity contribution is -0.143. The fourth-order valence-corrected chi connectivity index (χ4v) is 2.17. The Morgan fingerprint density at radius 1 is 1.38 bits per heavy atom. The van der Waals surface area contributed by atoms with Crippen LogP contribution in [0, 0.1) is 6.92 Å². The summed E-state index contributed by atoms with van der Waals surface area (Å²) in [5.41, 5.74) is 0. The predicted molar refractivity (Wildman–Crippen MR) is 79.6 cm³/mol. The maximum absolute atomic E-state index is 11.5. The third-order valence-electron chi connectivity index (χ3n) is 2.53. The highest BCUT2D eigenvalue weighted by molar-refractivity contribution is 7.09. The van der Waals surface area contributed by atoms with Crippen molar-refractivity contribution < 1.29 is 18.7 Å². The van der Waals surface area contributed by atoms with E-state index in [9.17, 15) is 9.59 Å². The van der Waals surface area contributed by atoms with Crippen molar-refractivity contribution in [2.24, 2.45) is 0 Å². The zero-order chi connectivity index (χ0) is 15.1. The van der Waals surface area contributed by atoms with Crippen molar-refractivity contribution in [3.63, 3.8) is 0 Å². The summed E-state index contributed by atoms with van der Waals surface area (Å²) in [6.45, 7) is 1.95. The molecule has 0 fully saturated rings. The molecule has 6 heteroatoms. The highest BCUT2D eigenvalue weighted by Gasteiger charge is 2.05. The quantitative estimate of drug-likeness (QED) is 0.658. The van der Waals surface area contributed by atoms with Crippen molar-refractivity contribution in [1.29, 1.82) is 0 Å². The smallest absolute Gasteiger partial charge is 0.331 e. The van der Waals surface area contributed by atoms with E-state index in [-0.39, 0.29) is 12.5 Å². The molecular formula is C15H15NO4S. The Balaban J connectivity index is 1.68. The number of carbonyl (C=O) groups is 2. The van der Waals surface area contributed by atoms with Gasteiger partial charge in [-0.15, -0.1) is 11.3 Å².